The third-order valence-electron chi connectivity index (χ3n) is 3.80. The zero-order chi connectivity index (χ0) is 14.1. The molecule has 0 bridgehead atoms. The summed E-state index contributed by atoms with van der Waals surface area (Å²) in [6, 6.07) is 6.15. The van der Waals surface area contributed by atoms with Crippen molar-refractivity contribution in [3.05, 3.63) is 23.9 Å². The third kappa shape index (κ3) is 3.70. The minimum Gasteiger partial charge on any atom is -0.367 e. The van der Waals surface area contributed by atoms with Crippen LogP contribution in [0.25, 0.3) is 0 Å². The van der Waals surface area contributed by atoms with Crippen molar-refractivity contribution in [1.82, 2.24) is 4.98 Å². The Morgan fingerprint density at radius 2 is 1.89 bits per heavy atom. The minimum atomic E-state index is 0.353. The number of nitrogens with one attached hydrogen (secondary N) is 1. The van der Waals surface area contributed by atoms with Gasteiger partial charge in [-0.05, 0) is 42.2 Å². The maximum atomic E-state index is 8.93. The van der Waals surface area contributed by atoms with Crippen LogP contribution in [0.5, 0.6) is 0 Å². The van der Waals surface area contributed by atoms with Crippen LogP contribution in [0.2, 0.25) is 0 Å². The van der Waals surface area contributed by atoms with Gasteiger partial charge in [0.1, 0.15) is 5.82 Å². The lowest BCUT2D eigenvalue weighted by Gasteiger charge is -2.45. The van der Waals surface area contributed by atoms with Crippen LogP contribution in [-0.2, 0) is 0 Å². The van der Waals surface area contributed by atoms with Crippen molar-refractivity contribution < 1.29 is 0 Å². The lowest BCUT2D eigenvalue weighted by Crippen LogP contribution is -2.40. The van der Waals surface area contributed by atoms with E-state index >= 15 is 0 Å². The Kier molecular flexibility index (Phi) is 3.54. The molecule has 3 heteroatoms. The van der Waals surface area contributed by atoms with Crippen LogP contribution in [0.4, 0.5) is 5.82 Å². The van der Waals surface area contributed by atoms with Gasteiger partial charge in [-0.15, -0.1) is 0 Å². The average molecular weight is 257 g/mol. The molecule has 1 aromatic heterocycles. The summed E-state index contributed by atoms with van der Waals surface area (Å²) >= 11 is 0. The van der Waals surface area contributed by atoms with E-state index in [2.05, 4.69) is 44.1 Å². The number of rotatable bonds is 2. The molecule has 102 valence electrons. The Bertz CT molecular complexity index is 481. The second kappa shape index (κ2) is 4.85. The second-order valence-corrected chi connectivity index (χ2v) is 7.30. The monoisotopic (exact) mass is 257 g/mol. The molecule has 3 nitrogen and oxygen atoms in total. The normalized spacial score (nSPS) is 21.6. The summed E-state index contributed by atoms with van der Waals surface area (Å²) < 4.78 is 0. The number of aromatic nitrogens is 1. The fourth-order valence-corrected chi connectivity index (χ4v) is 3.74. The fourth-order valence-electron chi connectivity index (χ4n) is 3.74. The van der Waals surface area contributed by atoms with E-state index in [9.17, 15) is 0 Å². The molecule has 1 aromatic rings. The lowest BCUT2D eigenvalue weighted by atomic mass is 9.63. The molecular formula is C16H23N3. The number of hydrogen-bond acceptors (Lipinski definition) is 3. The number of nitrogens with zero attached hydrogens (tertiary/aromatic N) is 2. The predicted molar refractivity (Wildman–Crippen MR) is 77.8 cm³/mol. The van der Waals surface area contributed by atoms with Crippen LogP contribution in [0, 0.1) is 22.2 Å². The molecule has 0 amide bonds. The molecular weight excluding hydrogens is 234 g/mol. The average Bonchev–Trinajstić information content (AvgIpc) is 2.24. The SMILES string of the molecule is CC1(C)CC(Nc2cc(C#N)ccn2)CC(C)(C)C1. The van der Waals surface area contributed by atoms with Crippen LogP contribution in [0.15, 0.2) is 18.3 Å². The molecule has 2 rings (SSSR count). The molecule has 0 aliphatic heterocycles. The molecule has 0 atom stereocenters. The van der Waals surface area contributed by atoms with Crippen LogP contribution in [-0.4, -0.2) is 11.0 Å². The van der Waals surface area contributed by atoms with E-state index in [1.165, 1.54) is 6.42 Å². The molecule has 19 heavy (non-hydrogen) atoms. The molecule has 0 saturated heterocycles. The molecule has 1 aliphatic rings. The predicted octanol–water partition coefficient (Wildman–Crippen LogP) is 3.97. The first kappa shape index (κ1) is 13.9. The summed E-state index contributed by atoms with van der Waals surface area (Å²) in [6.45, 7) is 9.34. The maximum absolute atomic E-state index is 8.93. The number of hydrogen-bond donors (Lipinski definition) is 1. The fraction of sp³-hybridized carbons (Fsp3) is 0.625. The van der Waals surface area contributed by atoms with Crippen molar-refractivity contribution in [2.75, 3.05) is 5.32 Å². The van der Waals surface area contributed by atoms with Crippen molar-refractivity contribution in [3.8, 4) is 6.07 Å². The van der Waals surface area contributed by atoms with Gasteiger partial charge in [-0.2, -0.15) is 5.26 Å². The largest absolute Gasteiger partial charge is 0.367 e. The molecule has 0 spiro atoms. The minimum absolute atomic E-state index is 0.353. The highest BCUT2D eigenvalue weighted by Crippen LogP contribution is 2.46. The zero-order valence-electron chi connectivity index (χ0n) is 12.3. The first-order valence-corrected chi connectivity index (χ1v) is 6.92. The van der Waals surface area contributed by atoms with E-state index in [0.717, 1.165) is 18.7 Å². The molecule has 0 aromatic carbocycles. The standard InChI is InChI=1S/C16H23N3/c1-15(2)8-13(9-16(3,4)11-15)19-14-7-12(10-17)5-6-18-14/h5-7,13H,8-9,11H2,1-4H3,(H,18,19). The van der Waals surface area contributed by atoms with Gasteiger partial charge in [-0.25, -0.2) is 4.98 Å². The highest BCUT2D eigenvalue weighted by Gasteiger charge is 2.38. The molecule has 1 N–H and O–H groups in total. The molecule has 1 saturated carbocycles. The summed E-state index contributed by atoms with van der Waals surface area (Å²) in [5, 5.41) is 12.4. The van der Waals surface area contributed by atoms with Gasteiger partial charge in [-0.3, -0.25) is 0 Å². The number of pyridine rings is 1. The smallest absolute Gasteiger partial charge is 0.127 e. The molecule has 1 fully saturated rings. The highest BCUT2D eigenvalue weighted by atomic mass is 15.0. The van der Waals surface area contributed by atoms with Gasteiger partial charge in [0, 0.05) is 12.2 Å². The van der Waals surface area contributed by atoms with Crippen molar-refractivity contribution >= 4 is 5.82 Å². The second-order valence-electron chi connectivity index (χ2n) is 7.30. The van der Waals surface area contributed by atoms with Crippen molar-refractivity contribution in [2.45, 2.75) is 53.0 Å². The first-order valence-electron chi connectivity index (χ1n) is 6.92. The third-order valence-corrected chi connectivity index (χ3v) is 3.80. The van der Waals surface area contributed by atoms with E-state index in [1.807, 2.05) is 6.07 Å². The van der Waals surface area contributed by atoms with Crippen LogP contribution < -0.4 is 5.32 Å². The highest BCUT2D eigenvalue weighted by molar-refractivity contribution is 5.43. The Balaban J connectivity index is 2.12. The molecule has 1 heterocycles. The quantitative estimate of drug-likeness (QED) is 0.872. The summed E-state index contributed by atoms with van der Waals surface area (Å²) in [6.07, 6.45) is 5.24. The van der Waals surface area contributed by atoms with E-state index in [4.69, 9.17) is 5.26 Å². The summed E-state index contributed by atoms with van der Waals surface area (Å²) in [7, 11) is 0. The van der Waals surface area contributed by atoms with Crippen molar-refractivity contribution in [2.24, 2.45) is 10.8 Å². The number of nitriles is 1. The summed E-state index contributed by atoms with van der Waals surface area (Å²) in [5.41, 5.74) is 1.37. The first-order chi connectivity index (χ1) is 8.80. The van der Waals surface area contributed by atoms with E-state index in [0.29, 0.717) is 22.4 Å². The van der Waals surface area contributed by atoms with Crippen molar-refractivity contribution in [1.29, 1.82) is 5.26 Å². The van der Waals surface area contributed by atoms with E-state index in [1.54, 1.807) is 12.3 Å². The zero-order valence-corrected chi connectivity index (χ0v) is 12.3. The Labute approximate surface area is 116 Å². The van der Waals surface area contributed by atoms with E-state index in [-0.39, 0.29) is 0 Å². The van der Waals surface area contributed by atoms with E-state index < -0.39 is 0 Å². The maximum Gasteiger partial charge on any atom is 0.127 e. The number of anilines is 1. The van der Waals surface area contributed by atoms with Gasteiger partial charge in [-0.1, -0.05) is 27.7 Å². The van der Waals surface area contributed by atoms with Crippen LogP contribution in [0.1, 0.15) is 52.5 Å². The summed E-state index contributed by atoms with van der Waals surface area (Å²) in [5.74, 6) is 0.817. The van der Waals surface area contributed by atoms with Gasteiger partial charge in [0.05, 0.1) is 11.6 Å². The van der Waals surface area contributed by atoms with Gasteiger partial charge in [0.2, 0.25) is 0 Å². The lowest BCUT2D eigenvalue weighted by molar-refractivity contribution is 0.105. The Hall–Kier alpha value is -1.56. The topological polar surface area (TPSA) is 48.7 Å². The van der Waals surface area contributed by atoms with Crippen molar-refractivity contribution in [3.63, 3.8) is 0 Å². The molecule has 0 unspecified atom stereocenters. The van der Waals surface area contributed by atoms with Crippen LogP contribution >= 0.6 is 0 Å². The Morgan fingerprint density at radius 1 is 1.26 bits per heavy atom. The summed E-state index contributed by atoms with van der Waals surface area (Å²) in [4.78, 5) is 4.31. The van der Waals surface area contributed by atoms with Gasteiger partial charge >= 0.3 is 0 Å². The molecule has 0 radical (unpaired) electrons. The van der Waals surface area contributed by atoms with Gasteiger partial charge in [0.25, 0.3) is 0 Å². The van der Waals surface area contributed by atoms with Crippen LogP contribution in [0.3, 0.4) is 0 Å². The Morgan fingerprint density at radius 3 is 2.47 bits per heavy atom. The van der Waals surface area contributed by atoms with Gasteiger partial charge in [0.15, 0.2) is 0 Å². The molecule has 1 aliphatic carbocycles. The van der Waals surface area contributed by atoms with Gasteiger partial charge < -0.3 is 5.32 Å².